The van der Waals surface area contributed by atoms with Crippen LogP contribution < -0.4 is 0 Å². The molecule has 2 aliphatic heterocycles. The largest absolute Gasteiger partial charge is 0.435 e. The first-order valence-electron chi connectivity index (χ1n) is 13.3. The number of hydrogen-bond acceptors (Lipinski definition) is 4. The minimum absolute atomic E-state index is 0.0466. The van der Waals surface area contributed by atoms with Crippen molar-refractivity contribution in [2.45, 2.75) is 78.8 Å². The van der Waals surface area contributed by atoms with Crippen molar-refractivity contribution in [2.24, 2.45) is 5.92 Å². The molecular weight excluding hydrogens is 598 g/mol. The van der Waals surface area contributed by atoms with Crippen molar-refractivity contribution >= 4 is 15.7 Å². The maximum Gasteiger partial charge on any atom is 0.435 e. The first-order chi connectivity index (χ1) is 19.4. The molecule has 3 aliphatic rings. The van der Waals surface area contributed by atoms with Crippen LogP contribution in [0, 0.1) is 11.7 Å². The van der Waals surface area contributed by atoms with Crippen LogP contribution in [0.3, 0.4) is 0 Å². The molecule has 5 nitrogen and oxygen atoms in total. The number of amides is 1. The van der Waals surface area contributed by atoms with Gasteiger partial charge in [0, 0.05) is 24.6 Å². The van der Waals surface area contributed by atoms with Crippen molar-refractivity contribution in [1.29, 1.82) is 0 Å². The number of ether oxygens (including phenoxy) is 1. The van der Waals surface area contributed by atoms with Crippen LogP contribution in [0.5, 0.6) is 0 Å². The fraction of sp³-hybridized carbons (Fsp3) is 0.536. The van der Waals surface area contributed by atoms with Gasteiger partial charge in [0.25, 0.3) is 0 Å². The van der Waals surface area contributed by atoms with E-state index in [1.807, 2.05) is 0 Å². The highest BCUT2D eigenvalue weighted by atomic mass is 32.2. The van der Waals surface area contributed by atoms with Gasteiger partial charge >= 0.3 is 18.0 Å². The minimum atomic E-state index is -6.34. The van der Waals surface area contributed by atoms with Crippen LogP contribution in [-0.4, -0.2) is 56.9 Å². The second-order valence-corrected chi connectivity index (χ2v) is 13.3. The molecule has 4 atom stereocenters. The molecule has 1 amide bonds. The fourth-order valence-corrected chi connectivity index (χ4v) is 9.14. The Morgan fingerprint density at radius 1 is 0.976 bits per heavy atom. The average Bonchev–Trinajstić information content (AvgIpc) is 3.32. The fourth-order valence-electron chi connectivity index (χ4n) is 6.77. The Labute approximate surface area is 236 Å². The third kappa shape index (κ3) is 4.51. The Morgan fingerprint density at radius 2 is 1.62 bits per heavy atom. The van der Waals surface area contributed by atoms with Gasteiger partial charge in [0.1, 0.15) is 10.6 Å². The van der Waals surface area contributed by atoms with E-state index >= 15 is 0 Å². The van der Waals surface area contributed by atoms with Crippen LogP contribution in [0.2, 0.25) is 0 Å². The van der Waals surface area contributed by atoms with Crippen LogP contribution in [0.15, 0.2) is 47.4 Å². The number of hydrogen-bond donors (Lipinski definition) is 0. The molecular formula is C28H27F8NO4S. The second kappa shape index (κ2) is 10.2. The number of nitrogens with zero attached hydrogens (tertiary/aromatic N) is 1. The van der Waals surface area contributed by atoms with Gasteiger partial charge in [-0.05, 0) is 74.4 Å². The summed E-state index contributed by atoms with van der Waals surface area (Å²) in [7, 11) is -4.53. The van der Waals surface area contributed by atoms with Gasteiger partial charge in [-0.25, -0.2) is 17.2 Å². The summed E-state index contributed by atoms with van der Waals surface area (Å²) in [5.41, 5.74) is -7.70. The molecule has 230 valence electrons. The third-order valence-corrected chi connectivity index (χ3v) is 11.3. The van der Waals surface area contributed by atoms with E-state index in [9.17, 15) is 48.3 Å². The third-order valence-electron chi connectivity index (χ3n) is 8.79. The highest BCUT2D eigenvalue weighted by Crippen LogP contribution is 2.57. The lowest BCUT2D eigenvalue weighted by Crippen LogP contribution is -2.54. The highest BCUT2D eigenvalue weighted by Gasteiger charge is 2.74. The van der Waals surface area contributed by atoms with Gasteiger partial charge < -0.3 is 9.64 Å². The maximum atomic E-state index is 14.9. The zero-order chi connectivity index (χ0) is 30.9. The summed E-state index contributed by atoms with van der Waals surface area (Å²) in [6, 6.07) is 4.39. The van der Waals surface area contributed by atoms with Crippen molar-refractivity contribution in [2.75, 3.05) is 13.2 Å². The molecule has 2 aromatic rings. The van der Waals surface area contributed by atoms with Crippen molar-refractivity contribution in [3.05, 3.63) is 65.0 Å². The average molecular weight is 626 g/mol. The van der Waals surface area contributed by atoms with Crippen LogP contribution >= 0.6 is 0 Å². The summed E-state index contributed by atoms with van der Waals surface area (Å²) < 4.78 is 142. The van der Waals surface area contributed by atoms with E-state index in [1.165, 1.54) is 4.90 Å². The summed E-state index contributed by atoms with van der Waals surface area (Å²) in [5, 5.41) is 0. The monoisotopic (exact) mass is 625 g/mol. The lowest BCUT2D eigenvalue weighted by Gasteiger charge is -2.44. The molecule has 1 aliphatic carbocycles. The predicted octanol–water partition coefficient (Wildman–Crippen LogP) is 6.15. The Kier molecular flexibility index (Phi) is 7.44. The van der Waals surface area contributed by atoms with Gasteiger partial charge in [-0.3, -0.25) is 4.79 Å². The molecule has 0 N–H and O–H groups in total. The minimum Gasteiger partial charge on any atom is -0.378 e. The van der Waals surface area contributed by atoms with Gasteiger partial charge in [0.2, 0.25) is 5.91 Å². The van der Waals surface area contributed by atoms with E-state index in [2.05, 4.69) is 0 Å². The number of likely N-dealkylation sites (tertiary alicyclic amines) is 1. The molecule has 0 bridgehead atoms. The van der Waals surface area contributed by atoms with Gasteiger partial charge in [-0.2, -0.15) is 26.3 Å². The first-order valence-corrected chi connectivity index (χ1v) is 14.8. The van der Waals surface area contributed by atoms with Crippen LogP contribution in [0.25, 0.3) is 0 Å². The molecule has 0 radical (unpaired) electrons. The number of alkyl halides is 7. The molecule has 2 unspecified atom stereocenters. The quantitative estimate of drug-likeness (QED) is 0.302. The van der Waals surface area contributed by atoms with Crippen molar-refractivity contribution in [3.8, 4) is 0 Å². The molecule has 42 heavy (non-hydrogen) atoms. The Bertz CT molecular complexity index is 1460. The van der Waals surface area contributed by atoms with Crippen LogP contribution in [0.4, 0.5) is 35.1 Å². The summed E-state index contributed by atoms with van der Waals surface area (Å²) in [5.74, 6) is -1.51. The number of carbonyl (C=O) groups excluding carboxylic acids is 1. The van der Waals surface area contributed by atoms with Crippen LogP contribution in [-0.2, 0) is 36.2 Å². The van der Waals surface area contributed by atoms with Crippen molar-refractivity contribution in [3.63, 3.8) is 0 Å². The van der Waals surface area contributed by atoms with E-state index in [4.69, 9.17) is 4.74 Å². The normalized spacial score (nSPS) is 27.0. The van der Waals surface area contributed by atoms with E-state index in [0.29, 0.717) is 31.6 Å². The lowest BCUT2D eigenvalue weighted by atomic mass is 9.76. The molecule has 2 heterocycles. The molecule has 2 fully saturated rings. The lowest BCUT2D eigenvalue weighted by molar-refractivity contribution is -0.348. The van der Waals surface area contributed by atoms with Gasteiger partial charge in [0.15, 0.2) is 9.84 Å². The molecule has 2 aromatic carbocycles. The topological polar surface area (TPSA) is 63.7 Å². The van der Waals surface area contributed by atoms with E-state index in [1.54, 1.807) is 6.92 Å². The zero-order valence-electron chi connectivity index (χ0n) is 22.2. The van der Waals surface area contributed by atoms with E-state index in [0.717, 1.165) is 30.3 Å². The highest BCUT2D eigenvalue weighted by molar-refractivity contribution is 7.92. The van der Waals surface area contributed by atoms with Crippen molar-refractivity contribution < 1.29 is 53.1 Å². The molecule has 0 saturated carbocycles. The second-order valence-electron chi connectivity index (χ2n) is 11.1. The number of fused-ring (bicyclic) bond motifs is 3. The number of carbonyl (C=O) groups is 1. The summed E-state index contributed by atoms with van der Waals surface area (Å²) >= 11 is 0. The number of sulfone groups is 1. The Hall–Kier alpha value is -2.74. The summed E-state index contributed by atoms with van der Waals surface area (Å²) in [6.07, 6.45) is -12.6. The van der Waals surface area contributed by atoms with E-state index in [-0.39, 0.29) is 53.8 Å². The predicted molar refractivity (Wildman–Crippen MR) is 133 cm³/mol. The van der Waals surface area contributed by atoms with E-state index < -0.39 is 55.9 Å². The van der Waals surface area contributed by atoms with Crippen LogP contribution in [0.1, 0.15) is 49.3 Å². The van der Waals surface area contributed by atoms with Gasteiger partial charge in [-0.15, -0.1) is 0 Å². The number of rotatable bonds is 4. The number of halogens is 8. The molecule has 14 heteroatoms. The number of benzene rings is 2. The number of aryl methyl sites for hydroxylation is 1. The Balaban J connectivity index is 1.67. The molecule has 0 spiro atoms. The molecule has 2 saturated heterocycles. The zero-order valence-corrected chi connectivity index (χ0v) is 23.1. The standard InChI is InChI=1S/C28H27F8NO4S/c1-16-14-18(10-13-41-16)24(38)37-12-11-25(42(39,40)21-6-4-20(29)5-7-21)22-8-3-19(15-17(22)2-9-23(25)37)26(30,27(31,32)33)28(34,35)36/h3-8,15-16,18,23H,2,9-14H2,1H3/t16?,18?,23-,25-/m1/s1. The van der Waals surface area contributed by atoms with Gasteiger partial charge in [-0.1, -0.05) is 18.2 Å². The first kappa shape index (κ1) is 30.7. The SMILES string of the molecule is CC1CC(C(=O)N2CC[C@@]3(S(=O)(=O)c4ccc(F)cc4)c4ccc(C(F)(C(F)(F)F)C(F)(F)F)cc4CC[C@@H]23)CCO1. The maximum absolute atomic E-state index is 14.9. The Morgan fingerprint density at radius 3 is 2.21 bits per heavy atom. The van der Waals surface area contributed by atoms with Crippen molar-refractivity contribution in [1.82, 2.24) is 4.90 Å². The smallest absolute Gasteiger partial charge is 0.378 e. The van der Waals surface area contributed by atoms with Gasteiger partial charge in [0.05, 0.1) is 17.0 Å². The summed E-state index contributed by atoms with van der Waals surface area (Å²) in [4.78, 5) is 14.8. The molecule has 5 rings (SSSR count). The molecule has 0 aromatic heterocycles. The summed E-state index contributed by atoms with van der Waals surface area (Å²) in [6.45, 7) is 2.08.